The third-order valence-corrected chi connectivity index (χ3v) is 4.68. The minimum Gasteiger partial charge on any atom is -0.335 e. The second-order valence-electron chi connectivity index (χ2n) is 6.65. The summed E-state index contributed by atoms with van der Waals surface area (Å²) < 4.78 is 0. The largest absolute Gasteiger partial charge is 0.335 e. The number of likely N-dealkylation sites (tertiary alicyclic amines) is 1. The quantitative estimate of drug-likeness (QED) is 0.832. The van der Waals surface area contributed by atoms with Gasteiger partial charge in [-0.2, -0.15) is 0 Å². The zero-order valence-electron chi connectivity index (χ0n) is 13.2. The Kier molecular flexibility index (Phi) is 6.14. The third kappa shape index (κ3) is 4.65. The van der Waals surface area contributed by atoms with Crippen LogP contribution in [0.1, 0.15) is 58.8 Å². The standard InChI is InChI=1S/C16H31N3O/c1-3-10-17-14-6-8-15(9-7-14)18-16(20)19-11-4-5-13(2)12-19/h13-15,17H,3-12H2,1-2H3,(H,18,20). The highest BCUT2D eigenvalue weighted by atomic mass is 16.2. The molecule has 0 radical (unpaired) electrons. The first-order valence-corrected chi connectivity index (χ1v) is 8.48. The first-order valence-electron chi connectivity index (χ1n) is 8.48. The maximum Gasteiger partial charge on any atom is 0.317 e. The highest BCUT2D eigenvalue weighted by Crippen LogP contribution is 2.20. The number of rotatable bonds is 4. The van der Waals surface area contributed by atoms with Gasteiger partial charge in [0.2, 0.25) is 0 Å². The Balaban J connectivity index is 1.68. The summed E-state index contributed by atoms with van der Waals surface area (Å²) in [5.74, 6) is 0.656. The van der Waals surface area contributed by atoms with E-state index in [9.17, 15) is 4.79 Å². The van der Waals surface area contributed by atoms with Crippen LogP contribution in [0.4, 0.5) is 4.79 Å². The van der Waals surface area contributed by atoms with Gasteiger partial charge in [-0.25, -0.2) is 4.79 Å². The van der Waals surface area contributed by atoms with Gasteiger partial charge in [-0.1, -0.05) is 13.8 Å². The van der Waals surface area contributed by atoms with Crippen LogP contribution in [-0.4, -0.2) is 42.6 Å². The second-order valence-corrected chi connectivity index (χ2v) is 6.65. The van der Waals surface area contributed by atoms with Crippen molar-refractivity contribution in [1.82, 2.24) is 15.5 Å². The average Bonchev–Trinajstić information content (AvgIpc) is 2.46. The normalized spacial score (nSPS) is 31.1. The van der Waals surface area contributed by atoms with E-state index in [-0.39, 0.29) is 6.03 Å². The first-order chi connectivity index (χ1) is 9.69. The van der Waals surface area contributed by atoms with Gasteiger partial charge in [-0.3, -0.25) is 0 Å². The zero-order chi connectivity index (χ0) is 14.4. The summed E-state index contributed by atoms with van der Waals surface area (Å²) in [5, 5.41) is 6.84. The molecule has 1 heterocycles. The fourth-order valence-corrected chi connectivity index (χ4v) is 3.43. The van der Waals surface area contributed by atoms with E-state index in [4.69, 9.17) is 0 Å². The summed E-state index contributed by atoms with van der Waals surface area (Å²) in [7, 11) is 0. The van der Waals surface area contributed by atoms with Crippen molar-refractivity contribution in [3.8, 4) is 0 Å². The maximum atomic E-state index is 12.3. The molecule has 0 aromatic carbocycles. The summed E-state index contributed by atoms with van der Waals surface area (Å²) >= 11 is 0. The maximum absolute atomic E-state index is 12.3. The van der Waals surface area contributed by atoms with Gasteiger partial charge in [-0.15, -0.1) is 0 Å². The predicted molar refractivity (Wildman–Crippen MR) is 82.8 cm³/mol. The molecular weight excluding hydrogens is 250 g/mol. The second kappa shape index (κ2) is 7.87. The highest BCUT2D eigenvalue weighted by molar-refractivity contribution is 5.74. The fourth-order valence-electron chi connectivity index (χ4n) is 3.43. The van der Waals surface area contributed by atoms with E-state index in [0.29, 0.717) is 18.0 Å². The summed E-state index contributed by atoms with van der Waals surface area (Å²) in [6.45, 7) is 7.43. The van der Waals surface area contributed by atoms with Gasteiger partial charge in [0.05, 0.1) is 0 Å². The molecule has 1 aliphatic heterocycles. The Morgan fingerprint density at radius 2 is 1.85 bits per heavy atom. The van der Waals surface area contributed by atoms with Crippen molar-refractivity contribution in [2.75, 3.05) is 19.6 Å². The van der Waals surface area contributed by atoms with E-state index in [1.54, 1.807) is 0 Å². The molecule has 20 heavy (non-hydrogen) atoms. The van der Waals surface area contributed by atoms with Crippen molar-refractivity contribution in [3.05, 3.63) is 0 Å². The molecule has 1 saturated carbocycles. The zero-order valence-corrected chi connectivity index (χ0v) is 13.2. The van der Waals surface area contributed by atoms with Crippen molar-refractivity contribution < 1.29 is 4.79 Å². The SMILES string of the molecule is CCCNC1CCC(NC(=O)N2CCCC(C)C2)CC1. The molecule has 0 bridgehead atoms. The van der Waals surface area contributed by atoms with E-state index in [1.165, 1.54) is 25.7 Å². The summed E-state index contributed by atoms with van der Waals surface area (Å²) in [5.41, 5.74) is 0. The molecule has 116 valence electrons. The lowest BCUT2D eigenvalue weighted by Crippen LogP contribution is -2.50. The molecule has 4 nitrogen and oxygen atoms in total. The molecule has 1 unspecified atom stereocenters. The monoisotopic (exact) mass is 281 g/mol. The van der Waals surface area contributed by atoms with Gasteiger partial charge in [0, 0.05) is 25.2 Å². The van der Waals surface area contributed by atoms with Crippen LogP contribution < -0.4 is 10.6 Å². The van der Waals surface area contributed by atoms with Gasteiger partial charge in [0.15, 0.2) is 0 Å². The molecular formula is C16H31N3O. The van der Waals surface area contributed by atoms with E-state index < -0.39 is 0 Å². The van der Waals surface area contributed by atoms with Crippen LogP contribution in [0, 0.1) is 5.92 Å². The molecule has 1 aliphatic carbocycles. The molecule has 0 spiro atoms. The van der Waals surface area contributed by atoms with Gasteiger partial charge in [0.25, 0.3) is 0 Å². The number of carbonyl (C=O) groups excluding carboxylic acids is 1. The van der Waals surface area contributed by atoms with Gasteiger partial charge in [-0.05, 0) is 57.4 Å². The summed E-state index contributed by atoms with van der Waals surface area (Å²) in [4.78, 5) is 14.3. The van der Waals surface area contributed by atoms with Crippen molar-refractivity contribution in [2.24, 2.45) is 5.92 Å². The lowest BCUT2D eigenvalue weighted by molar-refractivity contribution is 0.162. The topological polar surface area (TPSA) is 44.4 Å². The molecule has 2 N–H and O–H groups in total. The number of carbonyl (C=O) groups is 1. The Morgan fingerprint density at radius 3 is 2.50 bits per heavy atom. The van der Waals surface area contributed by atoms with Crippen LogP contribution in [0.5, 0.6) is 0 Å². The summed E-state index contributed by atoms with van der Waals surface area (Å²) in [6, 6.07) is 1.22. The van der Waals surface area contributed by atoms with Crippen LogP contribution in [0.3, 0.4) is 0 Å². The van der Waals surface area contributed by atoms with E-state index in [1.807, 2.05) is 4.90 Å². The molecule has 0 aromatic rings. The number of hydrogen-bond donors (Lipinski definition) is 2. The van der Waals surface area contributed by atoms with E-state index in [2.05, 4.69) is 24.5 Å². The van der Waals surface area contributed by atoms with Crippen molar-refractivity contribution in [1.29, 1.82) is 0 Å². The Labute approximate surface area is 123 Å². The van der Waals surface area contributed by atoms with Crippen molar-refractivity contribution in [2.45, 2.75) is 70.9 Å². The molecule has 1 atom stereocenters. The molecule has 2 fully saturated rings. The lowest BCUT2D eigenvalue weighted by atomic mass is 9.91. The highest BCUT2D eigenvalue weighted by Gasteiger charge is 2.25. The van der Waals surface area contributed by atoms with Gasteiger partial charge < -0.3 is 15.5 Å². The Bertz CT molecular complexity index is 300. The predicted octanol–water partition coefficient (Wildman–Crippen LogP) is 2.74. The number of amides is 2. The van der Waals surface area contributed by atoms with Crippen molar-refractivity contribution in [3.63, 3.8) is 0 Å². The lowest BCUT2D eigenvalue weighted by Gasteiger charge is -2.34. The summed E-state index contributed by atoms with van der Waals surface area (Å²) in [6.07, 6.45) is 8.25. The minimum absolute atomic E-state index is 0.168. The van der Waals surface area contributed by atoms with Crippen LogP contribution >= 0.6 is 0 Å². The molecule has 2 amide bonds. The number of urea groups is 1. The van der Waals surface area contributed by atoms with Crippen LogP contribution in [0.25, 0.3) is 0 Å². The average molecular weight is 281 g/mol. The third-order valence-electron chi connectivity index (χ3n) is 4.68. The van der Waals surface area contributed by atoms with E-state index in [0.717, 1.165) is 38.9 Å². The number of nitrogens with zero attached hydrogens (tertiary/aromatic N) is 1. The molecule has 1 saturated heterocycles. The van der Waals surface area contributed by atoms with Crippen LogP contribution in [-0.2, 0) is 0 Å². The Morgan fingerprint density at radius 1 is 1.15 bits per heavy atom. The molecule has 0 aromatic heterocycles. The van der Waals surface area contributed by atoms with E-state index >= 15 is 0 Å². The Hall–Kier alpha value is -0.770. The number of nitrogens with one attached hydrogen (secondary N) is 2. The first kappa shape index (κ1) is 15.6. The number of piperidine rings is 1. The van der Waals surface area contributed by atoms with Gasteiger partial charge >= 0.3 is 6.03 Å². The van der Waals surface area contributed by atoms with Crippen molar-refractivity contribution >= 4 is 6.03 Å². The van der Waals surface area contributed by atoms with Gasteiger partial charge in [0.1, 0.15) is 0 Å². The smallest absolute Gasteiger partial charge is 0.317 e. The number of hydrogen-bond acceptors (Lipinski definition) is 2. The molecule has 4 heteroatoms. The molecule has 2 aliphatic rings. The van der Waals surface area contributed by atoms with Crippen LogP contribution in [0.15, 0.2) is 0 Å². The minimum atomic E-state index is 0.168. The molecule has 2 rings (SSSR count). The fraction of sp³-hybridized carbons (Fsp3) is 0.938. The van der Waals surface area contributed by atoms with Crippen LogP contribution in [0.2, 0.25) is 0 Å².